The van der Waals surface area contributed by atoms with Crippen molar-refractivity contribution in [2.24, 2.45) is 5.92 Å². The van der Waals surface area contributed by atoms with Crippen LogP contribution in [0.2, 0.25) is 5.02 Å². The lowest BCUT2D eigenvalue weighted by atomic mass is 9.97. The summed E-state index contributed by atoms with van der Waals surface area (Å²) in [5.74, 6) is 1.64. The van der Waals surface area contributed by atoms with Crippen molar-refractivity contribution >= 4 is 34.2 Å². The molecule has 0 bridgehead atoms. The van der Waals surface area contributed by atoms with Gasteiger partial charge in [0.25, 0.3) is 5.91 Å². The Morgan fingerprint density at radius 3 is 2.38 bits per heavy atom. The van der Waals surface area contributed by atoms with Crippen LogP contribution in [0.4, 0.5) is 5.69 Å². The number of halogens is 1. The molecule has 7 nitrogen and oxygen atoms in total. The lowest BCUT2D eigenvalue weighted by Crippen LogP contribution is -2.29. The molecular weight excluding hydrogens is 494 g/mol. The van der Waals surface area contributed by atoms with E-state index in [2.05, 4.69) is 13.8 Å². The first-order valence-corrected chi connectivity index (χ1v) is 12.2. The van der Waals surface area contributed by atoms with Crippen LogP contribution in [0, 0.1) is 5.92 Å². The van der Waals surface area contributed by atoms with Gasteiger partial charge in [-0.1, -0.05) is 31.5 Å². The predicted molar refractivity (Wildman–Crippen MR) is 142 cm³/mol. The number of methoxy groups -OCH3 is 2. The molecular formula is C29H26ClNO6. The van der Waals surface area contributed by atoms with Gasteiger partial charge >= 0.3 is 0 Å². The normalized spacial score (nSPS) is 14.8. The van der Waals surface area contributed by atoms with Gasteiger partial charge in [0.2, 0.25) is 5.76 Å². The number of fused-ring (bicyclic) bond motifs is 2. The second-order valence-electron chi connectivity index (χ2n) is 9.21. The van der Waals surface area contributed by atoms with E-state index in [-0.39, 0.29) is 16.8 Å². The average Bonchev–Trinajstić information content (AvgIpc) is 3.20. The van der Waals surface area contributed by atoms with E-state index in [0.29, 0.717) is 57.0 Å². The fourth-order valence-electron chi connectivity index (χ4n) is 4.50. The maximum Gasteiger partial charge on any atom is 0.295 e. The van der Waals surface area contributed by atoms with Gasteiger partial charge in [-0.05, 0) is 66.1 Å². The van der Waals surface area contributed by atoms with Crippen molar-refractivity contribution in [3.63, 3.8) is 0 Å². The quantitative estimate of drug-likeness (QED) is 0.287. The Morgan fingerprint density at radius 1 is 0.946 bits per heavy atom. The molecule has 0 aliphatic carbocycles. The highest BCUT2D eigenvalue weighted by molar-refractivity contribution is 6.31. The molecule has 1 aliphatic rings. The van der Waals surface area contributed by atoms with E-state index in [1.807, 2.05) is 6.07 Å². The molecule has 8 heteroatoms. The van der Waals surface area contributed by atoms with Gasteiger partial charge in [0, 0.05) is 10.7 Å². The fourth-order valence-corrected chi connectivity index (χ4v) is 4.67. The molecule has 0 N–H and O–H groups in total. The van der Waals surface area contributed by atoms with E-state index < -0.39 is 11.9 Å². The van der Waals surface area contributed by atoms with Crippen molar-refractivity contribution in [1.82, 2.24) is 0 Å². The van der Waals surface area contributed by atoms with E-state index in [9.17, 15) is 9.59 Å². The van der Waals surface area contributed by atoms with Gasteiger partial charge in [-0.3, -0.25) is 14.5 Å². The summed E-state index contributed by atoms with van der Waals surface area (Å²) in [5.41, 5.74) is 1.49. The summed E-state index contributed by atoms with van der Waals surface area (Å²) >= 11 is 6.19. The molecule has 1 amide bonds. The molecule has 1 aliphatic heterocycles. The molecule has 0 saturated heterocycles. The summed E-state index contributed by atoms with van der Waals surface area (Å²) in [6.45, 7) is 4.64. The number of carbonyl (C=O) groups excluding carboxylic acids is 1. The molecule has 1 unspecified atom stereocenters. The smallest absolute Gasteiger partial charge is 0.295 e. The zero-order valence-corrected chi connectivity index (χ0v) is 21.7. The highest BCUT2D eigenvalue weighted by Crippen LogP contribution is 2.43. The second kappa shape index (κ2) is 9.82. The lowest BCUT2D eigenvalue weighted by Gasteiger charge is -2.26. The van der Waals surface area contributed by atoms with Crippen LogP contribution in [-0.4, -0.2) is 26.7 Å². The minimum absolute atomic E-state index is 0.000239. The van der Waals surface area contributed by atoms with E-state index in [1.165, 1.54) is 0 Å². The summed E-state index contributed by atoms with van der Waals surface area (Å²) in [6, 6.07) is 16.5. The average molecular weight is 520 g/mol. The Morgan fingerprint density at radius 2 is 1.70 bits per heavy atom. The number of rotatable bonds is 7. The third kappa shape index (κ3) is 4.40. The maximum atomic E-state index is 13.8. The van der Waals surface area contributed by atoms with Crippen molar-refractivity contribution in [3.05, 3.63) is 92.8 Å². The van der Waals surface area contributed by atoms with Crippen LogP contribution in [-0.2, 0) is 0 Å². The summed E-state index contributed by atoms with van der Waals surface area (Å²) in [4.78, 5) is 29.1. The first-order valence-electron chi connectivity index (χ1n) is 11.9. The SMILES string of the molecule is COc1ccc(N2C(=O)c3oc4ccc(Cl)cc4c(=O)c3C2c2ccc(OCC(C)C)c(OC)c2)cc1. The van der Waals surface area contributed by atoms with Crippen molar-refractivity contribution in [1.29, 1.82) is 0 Å². The van der Waals surface area contributed by atoms with Crippen LogP contribution in [0.3, 0.4) is 0 Å². The van der Waals surface area contributed by atoms with Crippen LogP contribution >= 0.6 is 11.6 Å². The zero-order valence-electron chi connectivity index (χ0n) is 20.9. The molecule has 3 aromatic carbocycles. The van der Waals surface area contributed by atoms with Crippen LogP contribution in [0.5, 0.6) is 17.2 Å². The van der Waals surface area contributed by atoms with Gasteiger partial charge in [-0.25, -0.2) is 0 Å². The number of anilines is 1. The third-order valence-corrected chi connectivity index (χ3v) is 6.49. The van der Waals surface area contributed by atoms with Gasteiger partial charge in [0.05, 0.1) is 37.8 Å². The van der Waals surface area contributed by atoms with Crippen molar-refractivity contribution in [2.45, 2.75) is 19.9 Å². The molecule has 190 valence electrons. The van der Waals surface area contributed by atoms with Gasteiger partial charge in [0.15, 0.2) is 16.9 Å². The summed E-state index contributed by atoms with van der Waals surface area (Å²) in [5, 5.41) is 0.713. The van der Waals surface area contributed by atoms with Gasteiger partial charge in [-0.15, -0.1) is 0 Å². The van der Waals surface area contributed by atoms with Crippen LogP contribution in [0.15, 0.2) is 69.9 Å². The molecule has 5 rings (SSSR count). The van der Waals surface area contributed by atoms with Crippen LogP contribution in [0.1, 0.15) is 41.6 Å². The topological polar surface area (TPSA) is 78.2 Å². The van der Waals surface area contributed by atoms with Gasteiger partial charge < -0.3 is 18.6 Å². The number of ether oxygens (including phenoxy) is 3. The third-order valence-electron chi connectivity index (χ3n) is 6.26. The Labute approximate surface area is 219 Å². The predicted octanol–water partition coefficient (Wildman–Crippen LogP) is 6.25. The molecule has 0 radical (unpaired) electrons. The van der Waals surface area contributed by atoms with Crippen LogP contribution in [0.25, 0.3) is 11.0 Å². The lowest BCUT2D eigenvalue weighted by molar-refractivity contribution is 0.0971. The Bertz CT molecular complexity index is 1540. The standard InChI is InChI=1S/C29H26ClNO6/c1-16(2)15-36-23-11-5-17(13-24(23)35-4)26-25-27(32)21-14-18(30)6-12-22(21)37-28(25)29(33)31(26)19-7-9-20(34-3)10-8-19/h5-14,16,26H,15H2,1-4H3. The van der Waals surface area contributed by atoms with Crippen molar-refractivity contribution in [3.8, 4) is 17.2 Å². The highest BCUT2D eigenvalue weighted by Gasteiger charge is 2.44. The Balaban J connectivity index is 1.72. The van der Waals surface area contributed by atoms with Gasteiger partial charge in [0.1, 0.15) is 11.3 Å². The molecule has 1 aromatic heterocycles. The first-order chi connectivity index (χ1) is 17.8. The number of nitrogens with zero attached hydrogens (tertiary/aromatic N) is 1. The van der Waals surface area contributed by atoms with E-state index in [4.69, 9.17) is 30.2 Å². The van der Waals surface area contributed by atoms with E-state index in [1.54, 1.807) is 73.7 Å². The highest BCUT2D eigenvalue weighted by atomic mass is 35.5. The maximum absolute atomic E-state index is 13.8. The molecule has 4 aromatic rings. The number of amides is 1. The van der Waals surface area contributed by atoms with E-state index in [0.717, 1.165) is 0 Å². The Hall–Kier alpha value is -3.97. The number of hydrogen-bond acceptors (Lipinski definition) is 6. The summed E-state index contributed by atoms with van der Waals surface area (Å²) in [6.07, 6.45) is 0. The fraction of sp³-hybridized carbons (Fsp3) is 0.241. The zero-order chi connectivity index (χ0) is 26.3. The first kappa shape index (κ1) is 24.7. The minimum atomic E-state index is -0.761. The van der Waals surface area contributed by atoms with Crippen molar-refractivity contribution < 1.29 is 23.4 Å². The molecule has 37 heavy (non-hydrogen) atoms. The molecule has 2 heterocycles. The second-order valence-corrected chi connectivity index (χ2v) is 9.64. The van der Waals surface area contributed by atoms with Gasteiger partial charge in [-0.2, -0.15) is 0 Å². The minimum Gasteiger partial charge on any atom is -0.497 e. The monoisotopic (exact) mass is 519 g/mol. The molecule has 0 spiro atoms. The number of carbonyl (C=O) groups is 1. The molecule has 1 atom stereocenters. The van der Waals surface area contributed by atoms with Crippen LogP contribution < -0.4 is 24.5 Å². The largest absolute Gasteiger partial charge is 0.497 e. The molecule has 0 saturated carbocycles. The number of hydrogen-bond donors (Lipinski definition) is 0. The summed E-state index contributed by atoms with van der Waals surface area (Å²) in [7, 11) is 3.13. The van der Waals surface area contributed by atoms with E-state index >= 15 is 0 Å². The van der Waals surface area contributed by atoms with Crippen molar-refractivity contribution in [2.75, 3.05) is 25.7 Å². The Kier molecular flexibility index (Phi) is 6.56. The number of benzene rings is 3. The molecule has 0 fully saturated rings. The summed E-state index contributed by atoms with van der Waals surface area (Å²) < 4.78 is 22.8.